The molecule has 2 heterocycles. The molecular weight excluding hydrogens is 384 g/mol. The van der Waals surface area contributed by atoms with Crippen LogP contribution in [0.4, 0.5) is 11.4 Å². The van der Waals surface area contributed by atoms with Gasteiger partial charge < -0.3 is 25.3 Å². The lowest BCUT2D eigenvalue weighted by atomic mass is 10.0. The molecule has 2 aliphatic heterocycles. The SMILES string of the molecule is CN/C=C(\C=N)c1cc([N+](=O)[O-])c(OC)cc1N1CCN(C2CCN(C)CC2)CC1. The number of anilines is 1. The molecular formula is C21H32N6O3. The van der Waals surface area contributed by atoms with Crippen molar-refractivity contribution < 1.29 is 9.66 Å². The number of nitro groups is 1. The molecule has 2 aliphatic rings. The lowest BCUT2D eigenvalue weighted by Crippen LogP contribution is -2.53. The summed E-state index contributed by atoms with van der Waals surface area (Å²) in [6.45, 7) is 5.89. The maximum absolute atomic E-state index is 11.5. The molecule has 0 aliphatic carbocycles. The highest BCUT2D eigenvalue weighted by molar-refractivity contribution is 6.11. The fourth-order valence-electron chi connectivity index (χ4n) is 4.40. The van der Waals surface area contributed by atoms with Gasteiger partial charge in [-0.25, -0.2) is 0 Å². The molecule has 0 saturated carbocycles. The molecule has 0 unspecified atom stereocenters. The normalized spacial score (nSPS) is 19.6. The number of hydrogen-bond donors (Lipinski definition) is 2. The maximum Gasteiger partial charge on any atom is 0.311 e. The monoisotopic (exact) mass is 416 g/mol. The Labute approximate surface area is 177 Å². The number of methoxy groups -OCH3 is 1. The van der Waals surface area contributed by atoms with Gasteiger partial charge in [0, 0.05) is 80.6 Å². The van der Waals surface area contributed by atoms with E-state index in [-0.39, 0.29) is 11.4 Å². The van der Waals surface area contributed by atoms with E-state index in [0.717, 1.165) is 45.0 Å². The molecule has 9 heteroatoms. The second-order valence-electron chi connectivity index (χ2n) is 7.89. The van der Waals surface area contributed by atoms with Gasteiger partial charge in [-0.2, -0.15) is 0 Å². The number of piperazine rings is 1. The number of rotatable bonds is 7. The number of ether oxygens (including phenoxy) is 1. The molecule has 2 fully saturated rings. The van der Waals surface area contributed by atoms with E-state index in [4.69, 9.17) is 10.1 Å². The highest BCUT2D eigenvalue weighted by Crippen LogP contribution is 2.38. The summed E-state index contributed by atoms with van der Waals surface area (Å²) in [5.74, 6) is 0.241. The van der Waals surface area contributed by atoms with Crippen molar-refractivity contribution in [1.82, 2.24) is 15.1 Å². The zero-order valence-corrected chi connectivity index (χ0v) is 18.1. The smallest absolute Gasteiger partial charge is 0.311 e. The molecule has 1 aromatic rings. The van der Waals surface area contributed by atoms with Crippen LogP contribution < -0.4 is 15.0 Å². The Morgan fingerprint density at radius 1 is 1.23 bits per heavy atom. The second-order valence-corrected chi connectivity index (χ2v) is 7.89. The molecule has 9 nitrogen and oxygen atoms in total. The molecule has 0 amide bonds. The molecule has 0 aromatic heterocycles. The van der Waals surface area contributed by atoms with Gasteiger partial charge in [-0.3, -0.25) is 15.0 Å². The van der Waals surface area contributed by atoms with Gasteiger partial charge in [0.05, 0.1) is 12.0 Å². The number of nitro benzene ring substituents is 1. The molecule has 2 saturated heterocycles. The first kappa shape index (κ1) is 22.0. The van der Waals surface area contributed by atoms with Crippen molar-refractivity contribution in [3.63, 3.8) is 0 Å². The van der Waals surface area contributed by atoms with Crippen LogP contribution in [0.1, 0.15) is 18.4 Å². The highest BCUT2D eigenvalue weighted by Gasteiger charge is 2.29. The zero-order chi connectivity index (χ0) is 21.7. The van der Waals surface area contributed by atoms with Crippen molar-refractivity contribution in [3.05, 3.63) is 34.0 Å². The quantitative estimate of drug-likeness (QED) is 0.399. The van der Waals surface area contributed by atoms with Crippen LogP contribution in [0.3, 0.4) is 0 Å². The summed E-state index contributed by atoms with van der Waals surface area (Å²) in [5, 5.41) is 22.3. The Morgan fingerprint density at radius 2 is 1.90 bits per heavy atom. The van der Waals surface area contributed by atoms with Crippen LogP contribution in [-0.4, -0.2) is 87.5 Å². The number of piperidine rings is 1. The molecule has 0 spiro atoms. The first-order chi connectivity index (χ1) is 14.5. The summed E-state index contributed by atoms with van der Waals surface area (Å²) in [7, 11) is 5.38. The average Bonchev–Trinajstić information content (AvgIpc) is 2.77. The number of allylic oxidation sites excluding steroid dienone is 1. The van der Waals surface area contributed by atoms with E-state index in [1.807, 2.05) is 0 Å². The van der Waals surface area contributed by atoms with Crippen LogP contribution in [0.2, 0.25) is 0 Å². The van der Waals surface area contributed by atoms with E-state index < -0.39 is 4.92 Å². The van der Waals surface area contributed by atoms with E-state index in [1.165, 1.54) is 32.2 Å². The van der Waals surface area contributed by atoms with Gasteiger partial charge >= 0.3 is 5.69 Å². The second kappa shape index (κ2) is 9.90. The Bertz CT molecular complexity index is 796. The standard InChI is InChI=1S/C21H32N6O3/c1-23-15-16(14-22)18-12-20(27(28)29)21(30-3)13-19(18)26-10-8-25(9-11-26)17-4-6-24(2)7-5-17/h12-15,17,22-23H,4-11H2,1-3H3/b16-15+,22-14?. The zero-order valence-electron chi connectivity index (χ0n) is 18.1. The molecule has 164 valence electrons. The minimum atomic E-state index is -0.439. The summed E-state index contributed by atoms with van der Waals surface area (Å²) in [4.78, 5) is 18.3. The van der Waals surface area contributed by atoms with Gasteiger partial charge in [-0.1, -0.05) is 0 Å². The maximum atomic E-state index is 11.5. The average molecular weight is 417 g/mol. The fraction of sp³-hybridized carbons (Fsp3) is 0.571. The van der Waals surface area contributed by atoms with Crippen LogP contribution in [-0.2, 0) is 0 Å². The topological polar surface area (TPSA) is 98.0 Å². The van der Waals surface area contributed by atoms with E-state index in [1.54, 1.807) is 19.3 Å². The third-order valence-corrected chi connectivity index (χ3v) is 6.12. The number of likely N-dealkylation sites (tertiary alicyclic amines) is 1. The number of hydrogen-bond acceptors (Lipinski definition) is 8. The van der Waals surface area contributed by atoms with Crippen molar-refractivity contribution in [3.8, 4) is 5.75 Å². The van der Waals surface area contributed by atoms with Gasteiger partial charge in [0.1, 0.15) is 0 Å². The largest absolute Gasteiger partial charge is 0.490 e. The van der Waals surface area contributed by atoms with Crippen molar-refractivity contribution in [2.24, 2.45) is 0 Å². The fourth-order valence-corrected chi connectivity index (χ4v) is 4.40. The van der Waals surface area contributed by atoms with E-state index in [9.17, 15) is 10.1 Å². The predicted octanol–water partition coefficient (Wildman–Crippen LogP) is 2.03. The summed E-state index contributed by atoms with van der Waals surface area (Å²) in [6.07, 6.45) is 5.32. The summed E-state index contributed by atoms with van der Waals surface area (Å²) < 4.78 is 5.32. The molecule has 0 bridgehead atoms. The van der Waals surface area contributed by atoms with Gasteiger partial charge in [0.2, 0.25) is 0 Å². The van der Waals surface area contributed by atoms with Crippen molar-refractivity contribution in [1.29, 1.82) is 5.41 Å². The Kier molecular flexibility index (Phi) is 7.28. The number of nitrogens with one attached hydrogen (secondary N) is 2. The Hall–Kier alpha value is -2.65. The van der Waals surface area contributed by atoms with Crippen LogP contribution in [0.15, 0.2) is 18.3 Å². The minimum absolute atomic E-state index is 0.0925. The van der Waals surface area contributed by atoms with Crippen molar-refractivity contribution in [2.45, 2.75) is 18.9 Å². The minimum Gasteiger partial charge on any atom is -0.490 e. The van der Waals surface area contributed by atoms with Gasteiger partial charge in [-0.15, -0.1) is 0 Å². The highest BCUT2D eigenvalue weighted by atomic mass is 16.6. The van der Waals surface area contributed by atoms with Crippen molar-refractivity contribution in [2.75, 3.05) is 65.4 Å². The Balaban J connectivity index is 1.86. The van der Waals surface area contributed by atoms with Gasteiger partial charge in [0.25, 0.3) is 0 Å². The molecule has 2 N–H and O–H groups in total. The van der Waals surface area contributed by atoms with E-state index >= 15 is 0 Å². The molecule has 1 aromatic carbocycles. The molecule has 3 rings (SSSR count). The van der Waals surface area contributed by atoms with Crippen LogP contribution in [0.5, 0.6) is 5.75 Å². The molecule has 0 radical (unpaired) electrons. The number of benzene rings is 1. The predicted molar refractivity (Wildman–Crippen MR) is 120 cm³/mol. The van der Waals surface area contributed by atoms with E-state index in [0.29, 0.717) is 17.2 Å². The summed E-state index contributed by atoms with van der Waals surface area (Å²) in [5.41, 5.74) is 2.03. The van der Waals surface area contributed by atoms with E-state index in [2.05, 4.69) is 27.1 Å². The molecule has 0 atom stereocenters. The lowest BCUT2D eigenvalue weighted by Gasteiger charge is -2.43. The first-order valence-electron chi connectivity index (χ1n) is 10.4. The summed E-state index contributed by atoms with van der Waals surface area (Å²) in [6, 6.07) is 3.90. The van der Waals surface area contributed by atoms with Crippen LogP contribution >= 0.6 is 0 Å². The third kappa shape index (κ3) is 4.73. The van der Waals surface area contributed by atoms with Gasteiger partial charge in [0.15, 0.2) is 5.75 Å². The third-order valence-electron chi connectivity index (χ3n) is 6.12. The van der Waals surface area contributed by atoms with Gasteiger partial charge in [-0.05, 0) is 33.0 Å². The number of nitrogens with zero attached hydrogens (tertiary/aromatic N) is 4. The van der Waals surface area contributed by atoms with Crippen molar-refractivity contribution >= 4 is 23.2 Å². The molecule has 30 heavy (non-hydrogen) atoms. The summed E-state index contributed by atoms with van der Waals surface area (Å²) >= 11 is 0. The van der Waals surface area contributed by atoms with Crippen LogP contribution in [0.25, 0.3) is 5.57 Å². The lowest BCUT2D eigenvalue weighted by molar-refractivity contribution is -0.385. The Morgan fingerprint density at radius 3 is 2.43 bits per heavy atom. The first-order valence-corrected chi connectivity index (χ1v) is 10.4. The van der Waals surface area contributed by atoms with Crippen LogP contribution in [0, 0.1) is 15.5 Å².